The van der Waals surface area contributed by atoms with Gasteiger partial charge in [0.1, 0.15) is 5.75 Å². The minimum Gasteiger partial charge on any atom is -0.496 e. The second kappa shape index (κ2) is 7.98. The number of furan rings is 1. The summed E-state index contributed by atoms with van der Waals surface area (Å²) in [5.74, 6) is 0.447. The molecular formula is C21H17NO4. The quantitative estimate of drug-likeness (QED) is 0.529. The summed E-state index contributed by atoms with van der Waals surface area (Å²) in [5, 5.41) is 2.70. The van der Waals surface area contributed by atoms with Crippen molar-refractivity contribution in [2.45, 2.75) is 0 Å². The van der Waals surface area contributed by atoms with Crippen LogP contribution in [0.1, 0.15) is 26.5 Å². The molecule has 0 radical (unpaired) electrons. The first kappa shape index (κ1) is 17.2. The Morgan fingerprint density at radius 2 is 1.77 bits per heavy atom. The van der Waals surface area contributed by atoms with Gasteiger partial charge in [-0.3, -0.25) is 9.59 Å². The highest BCUT2D eigenvalue weighted by Crippen LogP contribution is 2.19. The highest BCUT2D eigenvalue weighted by molar-refractivity contribution is 6.07. The lowest BCUT2D eigenvalue weighted by molar-refractivity contribution is 0.0996. The van der Waals surface area contributed by atoms with Crippen LogP contribution in [0.4, 0.5) is 5.69 Å². The van der Waals surface area contributed by atoms with Gasteiger partial charge in [-0.05, 0) is 54.6 Å². The van der Waals surface area contributed by atoms with Crippen molar-refractivity contribution >= 4 is 23.5 Å². The summed E-state index contributed by atoms with van der Waals surface area (Å²) in [6, 6.07) is 17.3. The fraction of sp³-hybridized carbons (Fsp3) is 0.0476. The van der Waals surface area contributed by atoms with Gasteiger partial charge in [0, 0.05) is 16.8 Å². The van der Waals surface area contributed by atoms with E-state index in [2.05, 4.69) is 5.32 Å². The fourth-order valence-corrected chi connectivity index (χ4v) is 2.38. The van der Waals surface area contributed by atoms with E-state index in [9.17, 15) is 9.59 Å². The fourth-order valence-electron chi connectivity index (χ4n) is 2.38. The van der Waals surface area contributed by atoms with Gasteiger partial charge in [-0.1, -0.05) is 18.2 Å². The van der Waals surface area contributed by atoms with Gasteiger partial charge >= 0.3 is 0 Å². The predicted molar refractivity (Wildman–Crippen MR) is 99.5 cm³/mol. The highest BCUT2D eigenvalue weighted by atomic mass is 16.5. The molecule has 0 aliphatic rings. The van der Waals surface area contributed by atoms with Crippen molar-refractivity contribution in [2.75, 3.05) is 12.4 Å². The topological polar surface area (TPSA) is 68.5 Å². The zero-order valence-corrected chi connectivity index (χ0v) is 14.1. The molecule has 0 bridgehead atoms. The Bertz CT molecular complexity index is 925. The first-order valence-corrected chi connectivity index (χ1v) is 7.98. The maximum Gasteiger partial charge on any atom is 0.291 e. The van der Waals surface area contributed by atoms with E-state index in [1.54, 1.807) is 49.6 Å². The van der Waals surface area contributed by atoms with Crippen LogP contribution in [-0.4, -0.2) is 18.8 Å². The molecule has 0 unspecified atom stereocenters. The smallest absolute Gasteiger partial charge is 0.291 e. The Morgan fingerprint density at radius 3 is 2.46 bits per heavy atom. The standard InChI is InChI=1S/C21H17NO4/c1-25-19-6-3-2-5-16(19)10-13-18(23)15-8-11-17(12-9-15)22-21(24)20-7-4-14-26-20/h2-14H,1H3,(H,22,24). The van der Waals surface area contributed by atoms with Crippen LogP contribution in [0, 0.1) is 0 Å². The van der Waals surface area contributed by atoms with Gasteiger partial charge in [0.05, 0.1) is 13.4 Å². The molecule has 1 aromatic heterocycles. The molecule has 2 aromatic carbocycles. The number of rotatable bonds is 6. The van der Waals surface area contributed by atoms with E-state index in [4.69, 9.17) is 9.15 Å². The molecule has 0 aliphatic heterocycles. The molecule has 5 nitrogen and oxygen atoms in total. The molecule has 5 heteroatoms. The van der Waals surface area contributed by atoms with Crippen LogP contribution in [0.2, 0.25) is 0 Å². The molecule has 1 heterocycles. The number of methoxy groups -OCH3 is 1. The SMILES string of the molecule is COc1ccccc1C=CC(=O)c1ccc(NC(=O)c2ccco2)cc1. The van der Waals surface area contributed by atoms with Crippen molar-refractivity contribution < 1.29 is 18.7 Å². The number of benzene rings is 2. The van der Waals surface area contributed by atoms with Crippen molar-refractivity contribution in [3.8, 4) is 5.75 Å². The third-order valence-corrected chi connectivity index (χ3v) is 3.73. The van der Waals surface area contributed by atoms with Gasteiger partial charge in [0.15, 0.2) is 11.5 Å². The largest absolute Gasteiger partial charge is 0.496 e. The Labute approximate surface area is 150 Å². The third-order valence-electron chi connectivity index (χ3n) is 3.73. The number of hydrogen-bond donors (Lipinski definition) is 1. The Balaban J connectivity index is 1.67. The number of carbonyl (C=O) groups is 2. The number of allylic oxidation sites excluding steroid dienone is 1. The summed E-state index contributed by atoms with van der Waals surface area (Å²) in [6.07, 6.45) is 4.65. The Morgan fingerprint density at radius 1 is 1.00 bits per heavy atom. The monoisotopic (exact) mass is 347 g/mol. The van der Waals surface area contributed by atoms with Crippen molar-refractivity contribution in [3.05, 3.63) is 89.9 Å². The van der Waals surface area contributed by atoms with Crippen LogP contribution >= 0.6 is 0 Å². The molecule has 0 fully saturated rings. The molecule has 1 N–H and O–H groups in total. The van der Waals surface area contributed by atoms with Crippen LogP contribution < -0.4 is 10.1 Å². The molecule has 0 saturated heterocycles. The molecule has 3 aromatic rings. The summed E-state index contributed by atoms with van der Waals surface area (Å²) >= 11 is 0. The lowest BCUT2D eigenvalue weighted by Gasteiger charge is -2.04. The maximum absolute atomic E-state index is 12.3. The van der Waals surface area contributed by atoms with E-state index >= 15 is 0 Å². The minimum absolute atomic E-state index is 0.139. The molecular weight excluding hydrogens is 330 g/mol. The van der Waals surface area contributed by atoms with E-state index in [0.29, 0.717) is 17.0 Å². The maximum atomic E-state index is 12.3. The summed E-state index contributed by atoms with van der Waals surface area (Å²) in [7, 11) is 1.59. The molecule has 0 saturated carbocycles. The van der Waals surface area contributed by atoms with Gasteiger partial charge < -0.3 is 14.5 Å². The van der Waals surface area contributed by atoms with Crippen LogP contribution in [0.3, 0.4) is 0 Å². The lowest BCUT2D eigenvalue weighted by Crippen LogP contribution is -2.10. The van der Waals surface area contributed by atoms with Gasteiger partial charge in [-0.15, -0.1) is 0 Å². The third kappa shape index (κ3) is 4.08. The second-order valence-corrected chi connectivity index (χ2v) is 5.45. The minimum atomic E-state index is -0.342. The normalized spacial score (nSPS) is 10.7. The number of para-hydroxylation sites is 1. The lowest BCUT2D eigenvalue weighted by atomic mass is 10.1. The van der Waals surface area contributed by atoms with Crippen molar-refractivity contribution in [3.63, 3.8) is 0 Å². The molecule has 130 valence electrons. The van der Waals surface area contributed by atoms with E-state index in [0.717, 1.165) is 5.56 Å². The summed E-state index contributed by atoms with van der Waals surface area (Å²) in [6.45, 7) is 0. The van der Waals surface area contributed by atoms with Gasteiger partial charge in [-0.2, -0.15) is 0 Å². The Hall–Kier alpha value is -3.60. The Kier molecular flexibility index (Phi) is 5.29. The zero-order chi connectivity index (χ0) is 18.4. The van der Waals surface area contributed by atoms with E-state index in [1.807, 2.05) is 24.3 Å². The molecule has 26 heavy (non-hydrogen) atoms. The number of nitrogens with one attached hydrogen (secondary N) is 1. The average molecular weight is 347 g/mol. The average Bonchev–Trinajstić information content (AvgIpc) is 3.22. The number of hydrogen-bond acceptors (Lipinski definition) is 4. The number of ether oxygens (including phenoxy) is 1. The van der Waals surface area contributed by atoms with Crippen molar-refractivity contribution in [1.29, 1.82) is 0 Å². The molecule has 1 amide bonds. The van der Waals surface area contributed by atoms with Crippen molar-refractivity contribution in [1.82, 2.24) is 0 Å². The molecule has 3 rings (SSSR count). The highest BCUT2D eigenvalue weighted by Gasteiger charge is 2.09. The van der Waals surface area contributed by atoms with Crippen LogP contribution in [-0.2, 0) is 0 Å². The van der Waals surface area contributed by atoms with Gasteiger partial charge in [-0.25, -0.2) is 0 Å². The number of anilines is 1. The van der Waals surface area contributed by atoms with Crippen LogP contribution in [0.25, 0.3) is 6.08 Å². The number of ketones is 1. The van der Waals surface area contributed by atoms with Crippen molar-refractivity contribution in [2.24, 2.45) is 0 Å². The van der Waals surface area contributed by atoms with Gasteiger partial charge in [0.25, 0.3) is 5.91 Å². The van der Waals surface area contributed by atoms with E-state index < -0.39 is 0 Å². The summed E-state index contributed by atoms with van der Waals surface area (Å²) in [5.41, 5.74) is 1.93. The first-order valence-electron chi connectivity index (χ1n) is 7.98. The van der Waals surface area contributed by atoms with E-state index in [-0.39, 0.29) is 17.5 Å². The predicted octanol–water partition coefficient (Wildman–Crippen LogP) is 4.44. The number of amides is 1. The van der Waals surface area contributed by atoms with Crippen LogP contribution in [0.15, 0.2) is 77.4 Å². The number of carbonyl (C=O) groups excluding carboxylic acids is 2. The second-order valence-electron chi connectivity index (χ2n) is 5.45. The molecule has 0 atom stereocenters. The molecule has 0 aliphatic carbocycles. The zero-order valence-electron chi connectivity index (χ0n) is 14.1. The van der Waals surface area contributed by atoms with Gasteiger partial charge in [0.2, 0.25) is 0 Å². The van der Waals surface area contributed by atoms with E-state index in [1.165, 1.54) is 12.3 Å². The summed E-state index contributed by atoms with van der Waals surface area (Å²) < 4.78 is 10.3. The summed E-state index contributed by atoms with van der Waals surface area (Å²) in [4.78, 5) is 24.2. The first-order chi connectivity index (χ1) is 12.7. The van der Waals surface area contributed by atoms with Crippen LogP contribution in [0.5, 0.6) is 5.75 Å². The molecule has 0 spiro atoms.